The van der Waals surface area contributed by atoms with Gasteiger partial charge in [0.15, 0.2) is 6.10 Å². The summed E-state index contributed by atoms with van der Waals surface area (Å²) in [5.74, 6) is -0.303. The van der Waals surface area contributed by atoms with E-state index in [4.69, 9.17) is 4.74 Å². The molecule has 0 aliphatic rings. The highest BCUT2D eigenvalue weighted by molar-refractivity contribution is 7.92. The minimum atomic E-state index is -3.37. The Morgan fingerprint density at radius 2 is 1.61 bits per heavy atom. The molecule has 0 aliphatic heterocycles. The molecule has 2 aromatic carbocycles. The van der Waals surface area contributed by atoms with Crippen molar-refractivity contribution in [3.63, 3.8) is 0 Å². The van der Waals surface area contributed by atoms with Gasteiger partial charge in [0.2, 0.25) is 10.0 Å². The molecule has 2 N–H and O–H groups in total. The Kier molecular flexibility index (Phi) is 7.32. The number of para-hydroxylation sites is 1. The average molecular weight is 448 g/mol. The molecule has 0 aliphatic carbocycles. The molecule has 0 heterocycles. The van der Waals surface area contributed by atoms with Crippen LogP contribution in [0.1, 0.15) is 38.1 Å². The number of nitrogens with one attached hydrogen (secondary N) is 2. The Morgan fingerprint density at radius 1 is 1.03 bits per heavy atom. The third-order valence-electron chi connectivity index (χ3n) is 4.30. The van der Waals surface area contributed by atoms with E-state index < -0.39 is 27.6 Å². The maximum absolute atomic E-state index is 12.6. The Hall–Kier alpha value is -3.07. The summed E-state index contributed by atoms with van der Waals surface area (Å²) in [6.45, 7) is 7.21. The molecule has 0 bridgehead atoms. The smallest absolute Gasteiger partial charge is 0.265 e. The van der Waals surface area contributed by atoms with E-state index in [1.54, 1.807) is 55.5 Å². The monoisotopic (exact) mass is 447 g/mol. The van der Waals surface area contributed by atoms with E-state index in [0.717, 1.165) is 10.6 Å². The van der Waals surface area contributed by atoms with E-state index in [1.807, 2.05) is 20.8 Å². The topological polar surface area (TPSA) is 105 Å². The van der Waals surface area contributed by atoms with E-state index in [9.17, 15) is 18.0 Å². The first-order chi connectivity index (χ1) is 14.3. The van der Waals surface area contributed by atoms with Crippen LogP contribution >= 0.6 is 0 Å². The number of benzene rings is 2. The summed E-state index contributed by atoms with van der Waals surface area (Å²) in [7, 11) is -1.91. The number of rotatable bonds is 7. The summed E-state index contributed by atoms with van der Waals surface area (Å²) in [4.78, 5) is 25.2. The molecule has 168 valence electrons. The van der Waals surface area contributed by atoms with Gasteiger partial charge in [0, 0.05) is 12.6 Å². The third-order valence-corrected chi connectivity index (χ3v) is 5.50. The summed E-state index contributed by atoms with van der Waals surface area (Å²) >= 11 is 0. The third kappa shape index (κ3) is 6.99. The number of carbonyl (C=O) groups excluding carboxylic acids is 2. The molecule has 2 rings (SSSR count). The summed E-state index contributed by atoms with van der Waals surface area (Å²) in [5.41, 5.74) is 0.800. The molecular weight excluding hydrogens is 418 g/mol. The maximum Gasteiger partial charge on any atom is 0.265 e. The van der Waals surface area contributed by atoms with E-state index >= 15 is 0 Å². The van der Waals surface area contributed by atoms with Crippen LogP contribution in [0.2, 0.25) is 0 Å². The first-order valence-electron chi connectivity index (χ1n) is 9.71. The fourth-order valence-corrected chi connectivity index (χ4v) is 3.12. The van der Waals surface area contributed by atoms with Crippen molar-refractivity contribution in [3.05, 3.63) is 54.1 Å². The number of anilines is 2. The Labute approximate surface area is 183 Å². The van der Waals surface area contributed by atoms with Gasteiger partial charge >= 0.3 is 0 Å². The van der Waals surface area contributed by atoms with Crippen molar-refractivity contribution in [1.29, 1.82) is 0 Å². The molecule has 0 saturated heterocycles. The van der Waals surface area contributed by atoms with Crippen molar-refractivity contribution in [2.24, 2.45) is 0 Å². The van der Waals surface area contributed by atoms with Crippen LogP contribution in [0.15, 0.2) is 48.5 Å². The zero-order valence-corrected chi connectivity index (χ0v) is 19.4. The van der Waals surface area contributed by atoms with Gasteiger partial charge in [0.25, 0.3) is 11.8 Å². The molecule has 0 radical (unpaired) electrons. The summed E-state index contributed by atoms with van der Waals surface area (Å²) in [5, 5.41) is 5.61. The Balaban J connectivity index is 2.08. The number of sulfonamides is 1. The lowest BCUT2D eigenvalue weighted by atomic mass is 10.1. The molecule has 1 unspecified atom stereocenters. The van der Waals surface area contributed by atoms with Crippen LogP contribution in [0.4, 0.5) is 11.4 Å². The first kappa shape index (κ1) is 24.2. The molecule has 2 aromatic rings. The van der Waals surface area contributed by atoms with E-state index in [1.165, 1.54) is 7.05 Å². The van der Waals surface area contributed by atoms with Crippen molar-refractivity contribution in [1.82, 2.24) is 5.32 Å². The van der Waals surface area contributed by atoms with E-state index in [-0.39, 0.29) is 5.91 Å². The standard InChI is InChI=1S/C22H29N3O5S/c1-15(30-17-13-11-16(12-14-17)25(5)31(6,28)29)20(26)23-19-10-8-7-9-18(19)21(27)24-22(2,3)4/h7-15H,1-6H3,(H,23,26)(H,24,27). The van der Waals surface area contributed by atoms with Crippen LogP contribution in [0, 0.1) is 0 Å². The highest BCUT2D eigenvalue weighted by Gasteiger charge is 2.21. The predicted molar refractivity (Wildman–Crippen MR) is 122 cm³/mol. The molecule has 0 aromatic heterocycles. The van der Waals surface area contributed by atoms with Gasteiger partial charge < -0.3 is 15.4 Å². The number of carbonyl (C=O) groups is 2. The molecule has 0 spiro atoms. The SMILES string of the molecule is CC(Oc1ccc(N(C)S(C)(=O)=O)cc1)C(=O)Nc1ccccc1C(=O)NC(C)(C)C. The second kappa shape index (κ2) is 9.38. The van der Waals surface area contributed by atoms with Crippen LogP contribution < -0.4 is 19.7 Å². The van der Waals surface area contributed by atoms with Gasteiger partial charge in [-0.1, -0.05) is 12.1 Å². The second-order valence-electron chi connectivity index (χ2n) is 8.22. The van der Waals surface area contributed by atoms with E-state index in [2.05, 4.69) is 10.6 Å². The van der Waals surface area contributed by atoms with Crippen LogP contribution in [0.3, 0.4) is 0 Å². The Bertz CT molecular complexity index is 1040. The summed E-state index contributed by atoms with van der Waals surface area (Å²) < 4.78 is 30.1. The van der Waals surface area contributed by atoms with Crippen molar-refractivity contribution in [3.8, 4) is 5.75 Å². The van der Waals surface area contributed by atoms with Gasteiger partial charge in [-0.25, -0.2) is 8.42 Å². The summed E-state index contributed by atoms with van der Waals surface area (Å²) in [6.07, 6.45) is 0.265. The normalized spacial score (nSPS) is 12.6. The molecular formula is C22H29N3O5S. The quantitative estimate of drug-likeness (QED) is 0.679. The van der Waals surface area contributed by atoms with Crippen LogP contribution in [0.5, 0.6) is 5.75 Å². The lowest BCUT2D eigenvalue weighted by Crippen LogP contribution is -2.41. The predicted octanol–water partition coefficient (Wildman–Crippen LogP) is 3.02. The first-order valence-corrected chi connectivity index (χ1v) is 11.6. The van der Waals surface area contributed by atoms with Gasteiger partial charge in [-0.3, -0.25) is 13.9 Å². The zero-order chi connectivity index (χ0) is 23.4. The van der Waals surface area contributed by atoms with Crippen molar-refractivity contribution in [2.45, 2.75) is 39.3 Å². The van der Waals surface area contributed by atoms with Gasteiger partial charge in [-0.15, -0.1) is 0 Å². The zero-order valence-electron chi connectivity index (χ0n) is 18.6. The molecule has 9 heteroatoms. The van der Waals surface area contributed by atoms with Gasteiger partial charge in [-0.05, 0) is 64.1 Å². The fraction of sp³-hybridized carbons (Fsp3) is 0.364. The molecule has 31 heavy (non-hydrogen) atoms. The number of ether oxygens (including phenoxy) is 1. The van der Waals surface area contributed by atoms with Crippen LogP contribution in [0.25, 0.3) is 0 Å². The number of hydrogen-bond acceptors (Lipinski definition) is 5. The summed E-state index contributed by atoms with van der Waals surface area (Å²) in [6, 6.07) is 13.1. The number of nitrogens with zero attached hydrogens (tertiary/aromatic N) is 1. The molecule has 0 saturated carbocycles. The molecule has 8 nitrogen and oxygen atoms in total. The van der Waals surface area contributed by atoms with Gasteiger partial charge in [0.1, 0.15) is 5.75 Å². The van der Waals surface area contributed by atoms with Crippen LogP contribution in [-0.4, -0.2) is 45.2 Å². The van der Waals surface area contributed by atoms with Gasteiger partial charge in [-0.2, -0.15) is 0 Å². The number of amides is 2. The molecule has 0 fully saturated rings. The second-order valence-corrected chi connectivity index (χ2v) is 10.2. The minimum absolute atomic E-state index is 0.289. The largest absolute Gasteiger partial charge is 0.481 e. The van der Waals surface area contributed by atoms with Crippen LogP contribution in [-0.2, 0) is 14.8 Å². The molecule has 1 atom stereocenters. The maximum atomic E-state index is 12.6. The molecule has 2 amide bonds. The lowest BCUT2D eigenvalue weighted by Gasteiger charge is -2.22. The highest BCUT2D eigenvalue weighted by Crippen LogP contribution is 2.22. The van der Waals surface area contributed by atoms with Crippen molar-refractivity contribution < 1.29 is 22.7 Å². The minimum Gasteiger partial charge on any atom is -0.481 e. The van der Waals surface area contributed by atoms with E-state index in [0.29, 0.717) is 22.7 Å². The fourth-order valence-electron chi connectivity index (χ4n) is 2.62. The van der Waals surface area contributed by atoms with Crippen molar-refractivity contribution in [2.75, 3.05) is 22.9 Å². The number of hydrogen-bond donors (Lipinski definition) is 2. The van der Waals surface area contributed by atoms with Gasteiger partial charge in [0.05, 0.1) is 23.2 Å². The average Bonchev–Trinajstić information content (AvgIpc) is 2.66. The Morgan fingerprint density at radius 3 is 2.16 bits per heavy atom. The van der Waals surface area contributed by atoms with Crippen molar-refractivity contribution >= 4 is 33.2 Å². The highest BCUT2D eigenvalue weighted by atomic mass is 32.2. The lowest BCUT2D eigenvalue weighted by molar-refractivity contribution is -0.122.